The number of benzene rings is 1. The molecule has 1 atom stereocenters. The normalized spacial score (nSPS) is 12.8. The Bertz CT molecular complexity index is 634. The first kappa shape index (κ1) is 10.3. The topological polar surface area (TPSA) is 58.9 Å². The molecule has 84 valence electrons. The summed E-state index contributed by atoms with van der Waals surface area (Å²) in [7, 11) is 0. The third-order valence-electron chi connectivity index (χ3n) is 2.63. The Morgan fingerprint density at radius 1 is 1.18 bits per heavy atom. The number of aliphatic hydroxyl groups excluding tert-OH is 1. The molecule has 0 saturated heterocycles. The smallest absolute Gasteiger partial charge is 0.124 e. The van der Waals surface area contributed by atoms with Gasteiger partial charge in [-0.15, -0.1) is 5.10 Å². The van der Waals surface area contributed by atoms with Crippen LogP contribution in [0.15, 0.2) is 41.9 Å². The zero-order valence-electron chi connectivity index (χ0n) is 8.82. The Balaban J connectivity index is 2.17. The summed E-state index contributed by atoms with van der Waals surface area (Å²) in [5, 5.41) is 16.8. The first-order valence-corrected chi connectivity index (χ1v) is 5.98. The van der Waals surface area contributed by atoms with Crippen LogP contribution in [0.5, 0.6) is 0 Å². The van der Waals surface area contributed by atoms with Crippen molar-refractivity contribution in [3.8, 4) is 0 Å². The second-order valence-electron chi connectivity index (χ2n) is 3.65. The number of rotatable bonds is 2. The summed E-state index contributed by atoms with van der Waals surface area (Å²) >= 11 is 1.23. The van der Waals surface area contributed by atoms with Crippen molar-refractivity contribution in [1.82, 2.24) is 14.6 Å². The highest BCUT2D eigenvalue weighted by molar-refractivity contribution is 7.03. The van der Waals surface area contributed by atoms with E-state index >= 15 is 0 Å². The molecule has 0 aliphatic rings. The molecule has 3 aromatic rings. The van der Waals surface area contributed by atoms with Crippen LogP contribution in [-0.4, -0.2) is 19.7 Å². The van der Waals surface area contributed by atoms with Gasteiger partial charge in [0, 0.05) is 17.0 Å². The van der Waals surface area contributed by atoms with E-state index in [-0.39, 0.29) is 0 Å². The van der Waals surface area contributed by atoms with Crippen LogP contribution in [0.3, 0.4) is 0 Å². The molecule has 2 heterocycles. The Morgan fingerprint density at radius 2 is 2.12 bits per heavy atom. The highest BCUT2D eigenvalue weighted by Crippen LogP contribution is 2.27. The van der Waals surface area contributed by atoms with Gasteiger partial charge in [-0.25, -0.2) is 0 Å². The number of pyridine rings is 1. The third-order valence-corrected chi connectivity index (χ3v) is 3.15. The lowest BCUT2D eigenvalue weighted by Gasteiger charge is -2.10. The van der Waals surface area contributed by atoms with Crippen molar-refractivity contribution in [2.75, 3.05) is 0 Å². The highest BCUT2D eigenvalue weighted by Gasteiger charge is 2.15. The maximum atomic E-state index is 10.3. The number of hydrogen-bond donors (Lipinski definition) is 1. The average molecular weight is 243 g/mol. The molecule has 1 aromatic carbocycles. The van der Waals surface area contributed by atoms with Crippen LogP contribution in [0.25, 0.3) is 10.9 Å². The predicted molar refractivity (Wildman–Crippen MR) is 65.7 cm³/mol. The van der Waals surface area contributed by atoms with Gasteiger partial charge >= 0.3 is 0 Å². The second kappa shape index (κ2) is 4.20. The van der Waals surface area contributed by atoms with E-state index in [1.165, 1.54) is 11.5 Å². The Hall–Kier alpha value is -1.85. The molecule has 0 aliphatic carbocycles. The van der Waals surface area contributed by atoms with Crippen molar-refractivity contribution in [2.24, 2.45) is 0 Å². The Kier molecular flexibility index (Phi) is 2.55. The quantitative estimate of drug-likeness (QED) is 0.749. The third kappa shape index (κ3) is 1.79. The second-order valence-corrected chi connectivity index (χ2v) is 4.26. The maximum Gasteiger partial charge on any atom is 0.124 e. The fraction of sp³-hybridized carbons (Fsp3) is 0.0833. The number of hydrogen-bond acceptors (Lipinski definition) is 5. The van der Waals surface area contributed by atoms with E-state index in [1.54, 1.807) is 11.6 Å². The molecule has 5 heteroatoms. The van der Waals surface area contributed by atoms with Crippen LogP contribution in [0.2, 0.25) is 0 Å². The van der Waals surface area contributed by atoms with Crippen LogP contribution < -0.4 is 0 Å². The summed E-state index contributed by atoms with van der Waals surface area (Å²) in [6, 6.07) is 9.49. The van der Waals surface area contributed by atoms with E-state index in [2.05, 4.69) is 14.6 Å². The molecule has 0 spiro atoms. The van der Waals surface area contributed by atoms with Crippen molar-refractivity contribution in [2.45, 2.75) is 6.10 Å². The van der Waals surface area contributed by atoms with E-state index < -0.39 is 6.10 Å². The van der Waals surface area contributed by atoms with Crippen molar-refractivity contribution in [3.63, 3.8) is 0 Å². The monoisotopic (exact) mass is 243 g/mol. The summed E-state index contributed by atoms with van der Waals surface area (Å²) < 4.78 is 3.76. The fourth-order valence-electron chi connectivity index (χ4n) is 1.82. The molecule has 1 unspecified atom stereocenters. The molecule has 0 fully saturated rings. The molecule has 0 saturated carbocycles. The van der Waals surface area contributed by atoms with Crippen LogP contribution in [-0.2, 0) is 0 Å². The standard InChI is InChI=1S/C12H9N3OS/c16-12(11-7-17-15-14-11)9-3-1-5-10-8(9)4-2-6-13-10/h1-7,12,16H. The van der Waals surface area contributed by atoms with Crippen LogP contribution in [0.1, 0.15) is 17.4 Å². The van der Waals surface area contributed by atoms with E-state index in [4.69, 9.17) is 0 Å². The SMILES string of the molecule is OC(c1csnn1)c1cccc2ncccc12. The zero-order valence-corrected chi connectivity index (χ0v) is 9.63. The van der Waals surface area contributed by atoms with Crippen LogP contribution in [0, 0.1) is 0 Å². The van der Waals surface area contributed by atoms with Gasteiger partial charge in [0.15, 0.2) is 0 Å². The van der Waals surface area contributed by atoms with Gasteiger partial charge in [0.2, 0.25) is 0 Å². The molecule has 4 nitrogen and oxygen atoms in total. The molecule has 0 bridgehead atoms. The summed E-state index contributed by atoms with van der Waals surface area (Å²) in [6.07, 6.45) is 0.991. The Morgan fingerprint density at radius 3 is 2.94 bits per heavy atom. The molecule has 3 rings (SSSR count). The summed E-state index contributed by atoms with van der Waals surface area (Å²) in [5.41, 5.74) is 2.25. The number of nitrogens with zero attached hydrogens (tertiary/aromatic N) is 3. The van der Waals surface area contributed by atoms with Gasteiger partial charge in [0.1, 0.15) is 11.8 Å². The molecule has 0 aliphatic heterocycles. The molecule has 0 radical (unpaired) electrons. The lowest BCUT2D eigenvalue weighted by molar-refractivity contribution is 0.217. The molecule has 0 amide bonds. The molecule has 2 aromatic heterocycles. The van der Waals surface area contributed by atoms with Gasteiger partial charge in [-0.2, -0.15) is 0 Å². The Labute approximate surface area is 102 Å². The fourth-order valence-corrected chi connectivity index (χ4v) is 2.29. The zero-order chi connectivity index (χ0) is 11.7. The predicted octanol–water partition coefficient (Wildman–Crippen LogP) is 2.17. The minimum absolute atomic E-state index is 0.575. The van der Waals surface area contributed by atoms with Crippen molar-refractivity contribution in [1.29, 1.82) is 0 Å². The van der Waals surface area contributed by atoms with Crippen molar-refractivity contribution < 1.29 is 5.11 Å². The van der Waals surface area contributed by atoms with Gasteiger partial charge in [-0.05, 0) is 29.2 Å². The van der Waals surface area contributed by atoms with Crippen molar-refractivity contribution >= 4 is 22.4 Å². The summed E-state index contributed by atoms with van der Waals surface area (Å²) in [6.45, 7) is 0. The van der Waals surface area contributed by atoms with Crippen LogP contribution in [0.4, 0.5) is 0 Å². The largest absolute Gasteiger partial charge is 0.382 e. The van der Waals surface area contributed by atoms with E-state index in [1.807, 2.05) is 30.3 Å². The highest BCUT2D eigenvalue weighted by atomic mass is 32.1. The lowest BCUT2D eigenvalue weighted by atomic mass is 10.0. The first-order chi connectivity index (χ1) is 8.36. The van der Waals surface area contributed by atoms with E-state index in [0.717, 1.165) is 16.5 Å². The maximum absolute atomic E-state index is 10.3. The van der Waals surface area contributed by atoms with Crippen molar-refractivity contribution in [3.05, 3.63) is 53.2 Å². The average Bonchev–Trinajstić information content (AvgIpc) is 2.91. The first-order valence-electron chi connectivity index (χ1n) is 5.15. The van der Waals surface area contributed by atoms with Gasteiger partial charge in [-0.3, -0.25) is 4.98 Å². The summed E-state index contributed by atoms with van der Waals surface area (Å²) in [4.78, 5) is 4.26. The van der Waals surface area contributed by atoms with Gasteiger partial charge in [0.25, 0.3) is 0 Å². The lowest BCUT2D eigenvalue weighted by Crippen LogP contribution is -2.01. The van der Waals surface area contributed by atoms with Crippen LogP contribution >= 0.6 is 11.5 Å². The van der Waals surface area contributed by atoms with Gasteiger partial charge in [-0.1, -0.05) is 22.7 Å². The number of aliphatic hydroxyl groups is 1. The van der Waals surface area contributed by atoms with E-state index in [0.29, 0.717) is 5.69 Å². The molecule has 1 N–H and O–H groups in total. The number of aromatic nitrogens is 3. The minimum Gasteiger partial charge on any atom is -0.382 e. The van der Waals surface area contributed by atoms with Gasteiger partial charge < -0.3 is 5.11 Å². The number of fused-ring (bicyclic) bond motifs is 1. The molecule has 17 heavy (non-hydrogen) atoms. The summed E-state index contributed by atoms with van der Waals surface area (Å²) in [5.74, 6) is 0. The van der Waals surface area contributed by atoms with E-state index in [9.17, 15) is 5.11 Å². The van der Waals surface area contributed by atoms with Gasteiger partial charge in [0.05, 0.1) is 5.52 Å². The molecular formula is C12H9N3OS. The molecular weight excluding hydrogens is 234 g/mol. The minimum atomic E-state index is -0.748.